The van der Waals surface area contributed by atoms with Crippen molar-refractivity contribution in [1.29, 1.82) is 0 Å². The second kappa shape index (κ2) is 9.86. The largest absolute Gasteiger partial charge is 0.493 e. The highest BCUT2D eigenvalue weighted by Crippen LogP contribution is 2.48. The molecule has 1 aliphatic heterocycles. The molecule has 0 radical (unpaired) electrons. The molecule has 2 atom stereocenters. The number of carbonyl (C=O) groups is 2. The lowest BCUT2D eigenvalue weighted by molar-refractivity contribution is -0.143. The van der Waals surface area contributed by atoms with Crippen molar-refractivity contribution in [1.82, 2.24) is 0 Å². The number of carbonyl (C=O) groups excluding carboxylic acids is 2. The van der Waals surface area contributed by atoms with Gasteiger partial charge in [0.05, 0.1) is 14.2 Å². The van der Waals surface area contributed by atoms with Crippen LogP contribution in [0.3, 0.4) is 0 Å². The van der Waals surface area contributed by atoms with Crippen LogP contribution in [0.25, 0.3) is 0 Å². The highest BCUT2D eigenvalue weighted by atomic mass is 35.5. The summed E-state index contributed by atoms with van der Waals surface area (Å²) in [6, 6.07) is 13.0. The van der Waals surface area contributed by atoms with E-state index < -0.39 is 17.8 Å². The van der Waals surface area contributed by atoms with E-state index in [1.165, 1.54) is 7.11 Å². The Balaban J connectivity index is 1.72. The van der Waals surface area contributed by atoms with Crippen molar-refractivity contribution in [2.24, 2.45) is 16.3 Å². The highest BCUT2D eigenvalue weighted by Gasteiger charge is 2.46. The van der Waals surface area contributed by atoms with Crippen LogP contribution in [0, 0.1) is 11.3 Å². The molecule has 1 aliphatic carbocycles. The van der Waals surface area contributed by atoms with E-state index in [9.17, 15) is 9.59 Å². The minimum atomic E-state index is -0.686. The van der Waals surface area contributed by atoms with Gasteiger partial charge in [-0.25, -0.2) is 0 Å². The predicted molar refractivity (Wildman–Crippen MR) is 135 cm³/mol. The molecule has 7 heteroatoms. The Hall–Kier alpha value is -3.12. The fourth-order valence-corrected chi connectivity index (χ4v) is 5.10. The molecule has 1 heterocycles. The molecule has 0 aromatic heterocycles. The first kappa shape index (κ1) is 25.0. The maximum Gasteiger partial charge on any atom is 0.315 e. The number of hydrogen-bond acceptors (Lipinski definition) is 6. The molecule has 6 nitrogen and oxygen atoms in total. The topological polar surface area (TPSA) is 74.2 Å². The quantitative estimate of drug-likeness (QED) is 0.465. The maximum absolute atomic E-state index is 13.4. The summed E-state index contributed by atoms with van der Waals surface area (Å²) in [4.78, 5) is 30.9. The molecule has 35 heavy (non-hydrogen) atoms. The van der Waals surface area contributed by atoms with Crippen LogP contribution in [-0.4, -0.2) is 31.7 Å². The van der Waals surface area contributed by atoms with Crippen LogP contribution >= 0.6 is 11.6 Å². The van der Waals surface area contributed by atoms with Crippen molar-refractivity contribution >= 4 is 29.1 Å². The molecule has 0 saturated heterocycles. The van der Waals surface area contributed by atoms with Gasteiger partial charge >= 0.3 is 5.97 Å². The van der Waals surface area contributed by atoms with Crippen LogP contribution in [0.2, 0.25) is 5.02 Å². The van der Waals surface area contributed by atoms with E-state index in [-0.39, 0.29) is 11.2 Å². The highest BCUT2D eigenvalue weighted by molar-refractivity contribution is 6.30. The zero-order valence-corrected chi connectivity index (χ0v) is 21.4. The number of allylic oxidation sites excluding steroid dienone is 2. The molecular weight excluding hydrogens is 466 g/mol. The molecule has 4 rings (SSSR count). The van der Waals surface area contributed by atoms with Gasteiger partial charge in [-0.2, -0.15) is 0 Å². The van der Waals surface area contributed by atoms with E-state index in [4.69, 9.17) is 30.8 Å². The molecule has 2 aromatic rings. The Bertz CT molecular complexity index is 1210. The molecule has 0 bridgehead atoms. The lowest BCUT2D eigenvalue weighted by Crippen LogP contribution is -2.39. The van der Waals surface area contributed by atoms with Gasteiger partial charge in [-0.05, 0) is 54.2 Å². The summed E-state index contributed by atoms with van der Waals surface area (Å²) in [5, 5.41) is 0.663. The number of rotatable bonds is 6. The van der Waals surface area contributed by atoms with Gasteiger partial charge in [0.2, 0.25) is 0 Å². The van der Waals surface area contributed by atoms with Gasteiger partial charge in [-0.3, -0.25) is 14.6 Å². The molecule has 0 saturated carbocycles. The minimum absolute atomic E-state index is 0.0217. The molecule has 1 unspecified atom stereocenters. The standard InChI is InChI=1S/C28H30ClNO5/c1-16-24(27(32)34-5)25(26-20(30-16)13-28(2,3)14-21(26)31)18-8-11-22(23(12-18)33-4)35-15-17-6-9-19(29)10-7-17/h6-12,24-25H,13-15H2,1-5H3/t24?,25-/m0/s1. The summed E-state index contributed by atoms with van der Waals surface area (Å²) in [6.07, 6.45) is 1.08. The monoisotopic (exact) mass is 495 g/mol. The normalized spacial score (nSPS) is 21.2. The number of ketones is 1. The molecule has 0 fully saturated rings. The Labute approximate surface area is 210 Å². The first-order valence-electron chi connectivity index (χ1n) is 11.6. The van der Waals surface area contributed by atoms with Crippen molar-refractivity contribution in [3.05, 3.63) is 69.9 Å². The van der Waals surface area contributed by atoms with Crippen molar-refractivity contribution in [3.63, 3.8) is 0 Å². The van der Waals surface area contributed by atoms with Crippen LogP contribution in [0.1, 0.15) is 50.7 Å². The fourth-order valence-electron chi connectivity index (χ4n) is 4.98. The van der Waals surface area contributed by atoms with E-state index in [1.54, 1.807) is 7.11 Å². The Morgan fingerprint density at radius 2 is 1.80 bits per heavy atom. The number of halogens is 1. The Morgan fingerprint density at radius 1 is 1.09 bits per heavy atom. The van der Waals surface area contributed by atoms with Gasteiger partial charge in [0.25, 0.3) is 0 Å². The Kier molecular flexibility index (Phi) is 7.04. The van der Waals surface area contributed by atoms with Crippen molar-refractivity contribution < 1.29 is 23.8 Å². The van der Waals surface area contributed by atoms with E-state index in [2.05, 4.69) is 13.8 Å². The number of methoxy groups -OCH3 is 2. The third-order valence-corrected chi connectivity index (χ3v) is 6.86. The summed E-state index contributed by atoms with van der Waals surface area (Å²) in [5.41, 5.74) is 3.58. The molecular formula is C28H30ClNO5. The first-order valence-corrected chi connectivity index (χ1v) is 12.0. The number of benzene rings is 2. The molecule has 184 valence electrons. The van der Waals surface area contributed by atoms with E-state index in [0.717, 1.165) is 16.8 Å². The van der Waals surface area contributed by atoms with Gasteiger partial charge in [0.15, 0.2) is 17.3 Å². The van der Waals surface area contributed by atoms with Gasteiger partial charge in [-0.15, -0.1) is 0 Å². The summed E-state index contributed by atoms with van der Waals surface area (Å²) in [6.45, 7) is 6.30. The summed E-state index contributed by atoms with van der Waals surface area (Å²) in [7, 11) is 2.93. The molecule has 2 aliphatic rings. The van der Waals surface area contributed by atoms with Crippen LogP contribution < -0.4 is 9.47 Å². The van der Waals surface area contributed by atoms with Crippen LogP contribution in [0.5, 0.6) is 11.5 Å². The van der Waals surface area contributed by atoms with Crippen LogP contribution in [0.15, 0.2) is 58.7 Å². The van der Waals surface area contributed by atoms with Crippen LogP contribution in [-0.2, 0) is 20.9 Å². The third kappa shape index (κ3) is 5.13. The maximum atomic E-state index is 13.4. The minimum Gasteiger partial charge on any atom is -0.493 e. The zero-order valence-electron chi connectivity index (χ0n) is 20.7. The first-order chi connectivity index (χ1) is 16.6. The number of nitrogens with zero attached hydrogens (tertiary/aromatic N) is 1. The lowest BCUT2D eigenvalue weighted by Gasteiger charge is -2.39. The van der Waals surface area contributed by atoms with Crippen molar-refractivity contribution in [3.8, 4) is 11.5 Å². The summed E-state index contributed by atoms with van der Waals surface area (Å²) in [5.74, 6) is -0.499. The zero-order chi connectivity index (χ0) is 25.3. The van der Waals surface area contributed by atoms with Crippen molar-refractivity contribution in [2.75, 3.05) is 14.2 Å². The lowest BCUT2D eigenvalue weighted by atomic mass is 9.67. The molecule has 0 amide bonds. The second-order valence-corrected chi connectivity index (χ2v) is 10.3. The number of ether oxygens (including phenoxy) is 3. The van der Waals surface area contributed by atoms with E-state index >= 15 is 0 Å². The Morgan fingerprint density at radius 3 is 2.46 bits per heavy atom. The average molecular weight is 496 g/mol. The van der Waals surface area contributed by atoms with E-state index in [1.807, 2.05) is 49.4 Å². The predicted octanol–water partition coefficient (Wildman–Crippen LogP) is 5.92. The summed E-state index contributed by atoms with van der Waals surface area (Å²) < 4.78 is 16.8. The molecule has 2 aromatic carbocycles. The number of esters is 1. The van der Waals surface area contributed by atoms with Gasteiger partial charge in [0.1, 0.15) is 12.5 Å². The molecule has 0 spiro atoms. The number of hydrogen-bond donors (Lipinski definition) is 0. The fraction of sp³-hybridized carbons (Fsp3) is 0.393. The average Bonchev–Trinajstić information content (AvgIpc) is 2.81. The van der Waals surface area contributed by atoms with Gasteiger partial charge < -0.3 is 14.2 Å². The van der Waals surface area contributed by atoms with Gasteiger partial charge in [-0.1, -0.05) is 43.6 Å². The van der Waals surface area contributed by atoms with E-state index in [0.29, 0.717) is 47.3 Å². The third-order valence-electron chi connectivity index (χ3n) is 6.61. The van der Waals surface area contributed by atoms with Crippen LogP contribution in [0.4, 0.5) is 0 Å². The number of Topliss-reactive ketones (excluding diaryl/α,β-unsaturated/α-hetero) is 1. The molecule has 0 N–H and O–H groups in total. The number of aliphatic imine (C=N–C) groups is 1. The van der Waals surface area contributed by atoms with Gasteiger partial charge in [0, 0.05) is 34.3 Å². The second-order valence-electron chi connectivity index (χ2n) is 9.86. The van der Waals surface area contributed by atoms with Crippen molar-refractivity contribution in [2.45, 2.75) is 46.1 Å². The summed E-state index contributed by atoms with van der Waals surface area (Å²) >= 11 is 5.97. The SMILES string of the molecule is COC(=O)C1C(C)=NC2=C(C(=O)CC(C)(C)C2)[C@H]1c1ccc(OCc2ccc(Cl)cc2)c(OC)c1. The smallest absolute Gasteiger partial charge is 0.315 e.